The molecule has 0 radical (unpaired) electrons. The number of ether oxygens (including phenoxy) is 2. The van der Waals surface area contributed by atoms with Crippen LogP contribution < -0.4 is 5.32 Å². The van der Waals surface area contributed by atoms with Gasteiger partial charge in [0.1, 0.15) is 5.60 Å². The third kappa shape index (κ3) is 13.2. The number of hydrogen-bond acceptors (Lipinski definition) is 3. The molecular weight excluding hydrogens is 218 g/mol. The number of rotatable bonds is 6. The Morgan fingerprint density at radius 2 is 1.88 bits per heavy atom. The molecule has 0 rings (SSSR count). The largest absolute Gasteiger partial charge is 0.444 e. The van der Waals surface area contributed by atoms with Gasteiger partial charge in [-0.15, -0.1) is 0 Å². The molecule has 17 heavy (non-hydrogen) atoms. The first-order valence-corrected chi connectivity index (χ1v) is 5.83. The number of hydrogen-bond donors (Lipinski definition) is 1. The lowest BCUT2D eigenvalue weighted by atomic mass is 10.1. The highest BCUT2D eigenvalue weighted by Gasteiger charge is 2.17. The van der Waals surface area contributed by atoms with E-state index >= 15 is 0 Å². The van der Waals surface area contributed by atoms with Crippen molar-refractivity contribution in [3.63, 3.8) is 0 Å². The van der Waals surface area contributed by atoms with Crippen molar-refractivity contribution >= 4 is 6.09 Å². The molecule has 0 spiro atoms. The molecule has 4 nitrogen and oxygen atoms in total. The normalized spacial score (nSPS) is 12.5. The van der Waals surface area contributed by atoms with Gasteiger partial charge in [0.25, 0.3) is 0 Å². The number of methoxy groups -OCH3 is 1. The van der Waals surface area contributed by atoms with Crippen molar-refractivity contribution in [2.75, 3.05) is 13.7 Å². The van der Waals surface area contributed by atoms with E-state index in [-0.39, 0.29) is 19.6 Å². The fraction of sp³-hybridized carbons (Fsp3) is 0.923. The summed E-state index contributed by atoms with van der Waals surface area (Å²) in [5.41, 5.74) is -0.431. The highest BCUT2D eigenvalue weighted by molar-refractivity contribution is 5.67. The number of alkyl carbamates (subject to hydrolysis) is 1. The average molecular weight is 247 g/mol. The summed E-state index contributed by atoms with van der Waals surface area (Å²) >= 11 is 0. The van der Waals surface area contributed by atoms with Gasteiger partial charge in [0.05, 0.1) is 0 Å². The van der Waals surface area contributed by atoms with E-state index in [1.165, 1.54) is 0 Å². The molecule has 104 valence electrons. The monoisotopic (exact) mass is 247 g/mol. The van der Waals surface area contributed by atoms with E-state index in [0.717, 1.165) is 25.9 Å². The third-order valence-corrected chi connectivity index (χ3v) is 2.00. The lowest BCUT2D eigenvalue weighted by Crippen LogP contribution is -2.37. The van der Waals surface area contributed by atoms with Crippen LogP contribution in [0, 0.1) is 0 Å². The van der Waals surface area contributed by atoms with Crippen LogP contribution in [0.25, 0.3) is 0 Å². The molecule has 0 aliphatic rings. The smallest absolute Gasteiger partial charge is 0.407 e. The van der Waals surface area contributed by atoms with Gasteiger partial charge in [-0.2, -0.15) is 0 Å². The molecule has 1 atom stereocenters. The van der Waals surface area contributed by atoms with E-state index in [0.29, 0.717) is 0 Å². The van der Waals surface area contributed by atoms with Gasteiger partial charge in [-0.25, -0.2) is 4.79 Å². The molecule has 0 aromatic rings. The Kier molecular flexibility index (Phi) is 10.1. The van der Waals surface area contributed by atoms with Crippen molar-refractivity contribution in [1.82, 2.24) is 5.32 Å². The molecule has 0 aliphatic carbocycles. The summed E-state index contributed by atoms with van der Waals surface area (Å²) in [7, 11) is 1.70. The molecule has 0 fully saturated rings. The van der Waals surface area contributed by atoms with E-state index in [2.05, 4.69) is 5.32 Å². The first-order valence-electron chi connectivity index (χ1n) is 5.83. The zero-order chi connectivity index (χ0) is 12.6. The number of nitrogens with one attached hydrogen (secondary N) is 1. The van der Waals surface area contributed by atoms with Crippen LogP contribution in [0.4, 0.5) is 4.79 Å². The topological polar surface area (TPSA) is 47.6 Å². The van der Waals surface area contributed by atoms with Crippen LogP contribution in [0.15, 0.2) is 0 Å². The van der Waals surface area contributed by atoms with E-state index < -0.39 is 5.60 Å². The van der Waals surface area contributed by atoms with Crippen molar-refractivity contribution in [3.8, 4) is 0 Å². The zero-order valence-electron chi connectivity index (χ0n) is 11.1. The summed E-state index contributed by atoms with van der Waals surface area (Å²) < 4.78 is 10.1. The van der Waals surface area contributed by atoms with Crippen LogP contribution in [0.1, 0.15) is 54.4 Å². The minimum atomic E-state index is -0.431. The van der Waals surface area contributed by atoms with Crippen molar-refractivity contribution < 1.29 is 14.3 Å². The van der Waals surface area contributed by atoms with Gasteiger partial charge in [-0.05, 0) is 47.0 Å². The highest BCUT2D eigenvalue weighted by atomic mass is 16.6. The maximum atomic E-state index is 11.4. The molecule has 0 bridgehead atoms. The molecule has 0 unspecified atom stereocenters. The van der Waals surface area contributed by atoms with Crippen molar-refractivity contribution in [1.29, 1.82) is 0 Å². The predicted molar refractivity (Wildman–Crippen MR) is 71.3 cm³/mol. The molecule has 0 heterocycles. The van der Waals surface area contributed by atoms with Gasteiger partial charge < -0.3 is 14.8 Å². The third-order valence-electron chi connectivity index (χ3n) is 2.00. The molecule has 1 N–H and O–H groups in total. The summed E-state index contributed by atoms with van der Waals surface area (Å²) in [6.45, 7) is 8.33. The van der Waals surface area contributed by atoms with Crippen LogP contribution in [-0.4, -0.2) is 31.5 Å². The molecule has 0 saturated heterocycles. The fourth-order valence-electron chi connectivity index (χ4n) is 1.28. The Morgan fingerprint density at radius 1 is 1.29 bits per heavy atom. The Balaban J connectivity index is 0. The summed E-state index contributed by atoms with van der Waals surface area (Å²) in [5.74, 6) is 0. The van der Waals surface area contributed by atoms with Crippen LogP contribution >= 0.6 is 0 Å². The number of amides is 1. The fourth-order valence-corrected chi connectivity index (χ4v) is 1.28. The van der Waals surface area contributed by atoms with E-state index in [1.54, 1.807) is 7.11 Å². The Morgan fingerprint density at radius 3 is 2.35 bits per heavy atom. The maximum Gasteiger partial charge on any atom is 0.407 e. The Labute approximate surface area is 106 Å². The van der Waals surface area contributed by atoms with Crippen molar-refractivity contribution in [3.05, 3.63) is 0 Å². The molecular formula is C13H29NO3. The quantitative estimate of drug-likeness (QED) is 0.732. The standard InChI is InChI=1S/C12H25NO3.CH4/c1-10(8-6-7-9-15-5)13-11(14)16-12(2,3)4;/h10H,6-9H2,1-5H3,(H,13,14);1H4/t10-;/m1./s1. The van der Waals surface area contributed by atoms with Crippen molar-refractivity contribution in [2.45, 2.75) is 66.0 Å². The van der Waals surface area contributed by atoms with Gasteiger partial charge in [-0.1, -0.05) is 7.43 Å². The zero-order valence-corrected chi connectivity index (χ0v) is 11.1. The van der Waals surface area contributed by atoms with Crippen molar-refractivity contribution in [2.24, 2.45) is 0 Å². The maximum absolute atomic E-state index is 11.4. The summed E-state index contributed by atoms with van der Waals surface area (Å²) in [6.07, 6.45) is 2.68. The Hall–Kier alpha value is -0.770. The lowest BCUT2D eigenvalue weighted by molar-refractivity contribution is 0.0505. The Bertz CT molecular complexity index is 199. The SMILES string of the molecule is C.COCCCC[C@@H](C)NC(=O)OC(C)(C)C. The first-order chi connectivity index (χ1) is 7.35. The molecule has 0 aliphatic heterocycles. The summed E-state index contributed by atoms with van der Waals surface area (Å²) in [4.78, 5) is 11.4. The second-order valence-corrected chi connectivity index (χ2v) is 5.04. The summed E-state index contributed by atoms with van der Waals surface area (Å²) in [6, 6.07) is 0.145. The van der Waals surface area contributed by atoms with Crippen LogP contribution in [-0.2, 0) is 9.47 Å². The highest BCUT2D eigenvalue weighted by Crippen LogP contribution is 2.07. The first kappa shape index (κ1) is 18.6. The van der Waals surface area contributed by atoms with Crippen LogP contribution in [0.5, 0.6) is 0 Å². The van der Waals surface area contributed by atoms with Gasteiger partial charge >= 0.3 is 6.09 Å². The van der Waals surface area contributed by atoms with Crippen LogP contribution in [0.3, 0.4) is 0 Å². The second kappa shape index (κ2) is 9.28. The van der Waals surface area contributed by atoms with Crippen LogP contribution in [0.2, 0.25) is 0 Å². The lowest BCUT2D eigenvalue weighted by Gasteiger charge is -2.21. The van der Waals surface area contributed by atoms with E-state index in [4.69, 9.17) is 9.47 Å². The molecule has 4 heteroatoms. The molecule has 0 saturated carbocycles. The van der Waals surface area contributed by atoms with E-state index in [1.807, 2.05) is 27.7 Å². The minimum absolute atomic E-state index is 0. The average Bonchev–Trinajstić information content (AvgIpc) is 2.09. The number of carbonyl (C=O) groups is 1. The predicted octanol–water partition coefficient (Wildman–Crippen LogP) is 3.35. The van der Waals surface area contributed by atoms with Gasteiger partial charge in [0, 0.05) is 19.8 Å². The van der Waals surface area contributed by atoms with E-state index in [9.17, 15) is 4.79 Å². The summed E-state index contributed by atoms with van der Waals surface area (Å²) in [5, 5.41) is 2.81. The second-order valence-electron chi connectivity index (χ2n) is 5.04. The van der Waals surface area contributed by atoms with Gasteiger partial charge in [-0.3, -0.25) is 0 Å². The molecule has 1 amide bonds. The number of unbranched alkanes of at least 4 members (excludes halogenated alkanes) is 1. The molecule has 0 aromatic heterocycles. The van der Waals surface area contributed by atoms with Gasteiger partial charge in [0.15, 0.2) is 0 Å². The minimum Gasteiger partial charge on any atom is -0.444 e. The number of carbonyl (C=O) groups excluding carboxylic acids is 1. The van der Waals surface area contributed by atoms with Gasteiger partial charge in [0.2, 0.25) is 0 Å². The molecule has 0 aromatic carbocycles.